The highest BCUT2D eigenvalue weighted by atomic mass is 15.2. The van der Waals surface area contributed by atoms with Gasteiger partial charge in [-0.05, 0) is 74.0 Å². The molecule has 2 nitrogen and oxygen atoms in total. The van der Waals surface area contributed by atoms with Gasteiger partial charge in [0.15, 0.2) is 0 Å². The molecule has 20 heavy (non-hydrogen) atoms. The van der Waals surface area contributed by atoms with E-state index < -0.39 is 0 Å². The van der Waals surface area contributed by atoms with Gasteiger partial charge in [-0.3, -0.25) is 0 Å². The summed E-state index contributed by atoms with van der Waals surface area (Å²) in [5.74, 6) is 3.02. The van der Waals surface area contributed by atoms with Gasteiger partial charge < -0.3 is 10.6 Å². The second kappa shape index (κ2) is 4.49. The first kappa shape index (κ1) is 12.7. The van der Waals surface area contributed by atoms with Gasteiger partial charge >= 0.3 is 0 Å². The molecule has 0 unspecified atom stereocenters. The van der Waals surface area contributed by atoms with E-state index in [4.69, 9.17) is 5.73 Å². The van der Waals surface area contributed by atoms with Gasteiger partial charge in [0.1, 0.15) is 0 Å². The monoisotopic (exact) mass is 270 g/mol. The fourth-order valence-corrected chi connectivity index (χ4v) is 5.61. The van der Waals surface area contributed by atoms with E-state index in [0.717, 1.165) is 17.8 Å². The molecule has 0 amide bonds. The molecule has 0 atom stereocenters. The Morgan fingerprint density at radius 3 is 1.95 bits per heavy atom. The van der Waals surface area contributed by atoms with E-state index in [9.17, 15) is 0 Å². The molecule has 5 rings (SSSR count). The van der Waals surface area contributed by atoms with Gasteiger partial charge in [-0.15, -0.1) is 0 Å². The lowest BCUT2D eigenvalue weighted by atomic mass is 9.52. The number of benzene rings is 1. The van der Waals surface area contributed by atoms with Crippen molar-refractivity contribution < 1.29 is 0 Å². The first-order chi connectivity index (χ1) is 9.68. The molecule has 0 heterocycles. The van der Waals surface area contributed by atoms with Gasteiger partial charge in [-0.1, -0.05) is 12.1 Å². The van der Waals surface area contributed by atoms with Crippen LogP contribution in [0.3, 0.4) is 0 Å². The summed E-state index contributed by atoms with van der Waals surface area (Å²) in [6.45, 7) is 0.640. The lowest BCUT2D eigenvalue weighted by Crippen LogP contribution is -2.59. The van der Waals surface area contributed by atoms with E-state index in [0.29, 0.717) is 12.1 Å². The van der Waals surface area contributed by atoms with E-state index in [1.807, 2.05) is 0 Å². The van der Waals surface area contributed by atoms with Gasteiger partial charge in [-0.25, -0.2) is 0 Å². The van der Waals surface area contributed by atoms with Gasteiger partial charge in [0.05, 0.1) is 0 Å². The van der Waals surface area contributed by atoms with Crippen molar-refractivity contribution in [3.05, 3.63) is 29.8 Å². The van der Waals surface area contributed by atoms with Crippen LogP contribution >= 0.6 is 0 Å². The molecule has 0 radical (unpaired) electrons. The topological polar surface area (TPSA) is 29.3 Å². The zero-order chi connectivity index (χ0) is 13.7. The maximum absolute atomic E-state index is 5.71. The Morgan fingerprint density at radius 1 is 1.00 bits per heavy atom. The van der Waals surface area contributed by atoms with Crippen molar-refractivity contribution in [1.82, 2.24) is 0 Å². The molecule has 2 N–H and O–H groups in total. The predicted molar refractivity (Wildman–Crippen MR) is 83.6 cm³/mol. The second-order valence-corrected chi connectivity index (χ2v) is 7.57. The molecule has 1 aromatic rings. The molecule has 2 heteroatoms. The van der Waals surface area contributed by atoms with E-state index in [-0.39, 0.29) is 0 Å². The maximum atomic E-state index is 5.71. The molecule has 4 saturated carbocycles. The molecule has 0 saturated heterocycles. The number of anilines is 1. The van der Waals surface area contributed by atoms with Crippen molar-refractivity contribution in [2.45, 2.75) is 50.6 Å². The number of hydrogen-bond donors (Lipinski definition) is 1. The Labute approximate surface area is 122 Å². The lowest BCUT2D eigenvalue weighted by molar-refractivity contribution is -0.00200. The average Bonchev–Trinajstić information content (AvgIpc) is 2.45. The first-order valence-corrected chi connectivity index (χ1v) is 8.21. The maximum Gasteiger partial charge on any atom is 0.0407 e. The zero-order valence-corrected chi connectivity index (χ0v) is 12.5. The minimum absolute atomic E-state index is 0.457. The molecule has 108 valence electrons. The highest BCUT2D eigenvalue weighted by Crippen LogP contribution is 2.58. The van der Waals surface area contributed by atoms with Gasteiger partial charge in [0, 0.05) is 24.8 Å². The Morgan fingerprint density at radius 2 is 1.50 bits per heavy atom. The molecule has 4 aliphatic carbocycles. The van der Waals surface area contributed by atoms with Crippen LogP contribution in [-0.2, 0) is 6.54 Å². The SMILES string of the molecule is CN(c1ccc(CN)cc1)C12CC3CC(CC(C3)C1)C2. The van der Waals surface area contributed by atoms with Crippen molar-refractivity contribution in [2.24, 2.45) is 23.5 Å². The highest BCUT2D eigenvalue weighted by Gasteiger charge is 2.52. The summed E-state index contributed by atoms with van der Waals surface area (Å²) in [6, 6.07) is 8.90. The van der Waals surface area contributed by atoms with Crippen molar-refractivity contribution in [3.63, 3.8) is 0 Å². The average molecular weight is 270 g/mol. The predicted octanol–water partition coefficient (Wildman–Crippen LogP) is 3.55. The molecule has 0 spiro atoms. The molecule has 4 aliphatic rings. The highest BCUT2D eigenvalue weighted by molar-refractivity contribution is 5.50. The largest absolute Gasteiger partial charge is 0.369 e. The van der Waals surface area contributed by atoms with Crippen molar-refractivity contribution in [3.8, 4) is 0 Å². The van der Waals surface area contributed by atoms with Crippen molar-refractivity contribution in [2.75, 3.05) is 11.9 Å². The molecule has 1 aromatic carbocycles. The normalized spacial score (nSPS) is 38.2. The van der Waals surface area contributed by atoms with Crippen LogP contribution in [0, 0.1) is 17.8 Å². The van der Waals surface area contributed by atoms with Crippen LogP contribution in [0.5, 0.6) is 0 Å². The van der Waals surface area contributed by atoms with Crippen molar-refractivity contribution in [1.29, 1.82) is 0 Å². The van der Waals surface area contributed by atoms with Gasteiger partial charge in [0.2, 0.25) is 0 Å². The zero-order valence-electron chi connectivity index (χ0n) is 12.5. The number of hydrogen-bond acceptors (Lipinski definition) is 2. The van der Waals surface area contributed by atoms with E-state index in [2.05, 4.69) is 36.2 Å². The molecule has 0 aliphatic heterocycles. The molecular weight excluding hydrogens is 244 g/mol. The van der Waals surface area contributed by atoms with E-state index in [1.54, 1.807) is 0 Å². The standard InChI is InChI=1S/C18H26N2/c1-20(17-4-2-13(12-19)3-5-17)18-9-14-6-15(10-18)8-16(7-14)11-18/h2-5,14-16H,6-12,19H2,1H3. The minimum Gasteiger partial charge on any atom is -0.369 e. The van der Waals surface area contributed by atoms with E-state index >= 15 is 0 Å². The van der Waals surface area contributed by atoms with Gasteiger partial charge in [-0.2, -0.15) is 0 Å². The molecule has 4 fully saturated rings. The second-order valence-electron chi connectivity index (χ2n) is 7.57. The summed E-state index contributed by atoms with van der Waals surface area (Å²) >= 11 is 0. The number of rotatable bonds is 3. The first-order valence-electron chi connectivity index (χ1n) is 8.21. The Hall–Kier alpha value is -1.02. The summed E-state index contributed by atoms with van der Waals surface area (Å²) in [7, 11) is 2.32. The smallest absolute Gasteiger partial charge is 0.0407 e. The van der Waals surface area contributed by atoms with Crippen LogP contribution in [0.25, 0.3) is 0 Å². The number of nitrogens with two attached hydrogens (primary N) is 1. The number of nitrogens with zero attached hydrogens (tertiary/aromatic N) is 1. The van der Waals surface area contributed by atoms with Crippen LogP contribution in [0.1, 0.15) is 44.1 Å². The fourth-order valence-electron chi connectivity index (χ4n) is 5.61. The summed E-state index contributed by atoms with van der Waals surface area (Å²) < 4.78 is 0. The molecular formula is C18H26N2. The van der Waals surface area contributed by atoms with Crippen molar-refractivity contribution >= 4 is 5.69 Å². The molecule has 0 aromatic heterocycles. The third-order valence-electron chi connectivity index (χ3n) is 6.28. The third-order valence-corrected chi connectivity index (χ3v) is 6.28. The Balaban J connectivity index is 1.62. The van der Waals surface area contributed by atoms with Crippen LogP contribution < -0.4 is 10.6 Å². The Bertz CT molecular complexity index is 455. The third kappa shape index (κ3) is 1.88. The Kier molecular flexibility index (Phi) is 2.85. The summed E-state index contributed by atoms with van der Waals surface area (Å²) in [4.78, 5) is 2.61. The fraction of sp³-hybridized carbons (Fsp3) is 0.667. The summed E-state index contributed by atoms with van der Waals surface area (Å²) in [5, 5.41) is 0. The summed E-state index contributed by atoms with van der Waals surface area (Å²) in [6.07, 6.45) is 8.81. The summed E-state index contributed by atoms with van der Waals surface area (Å²) in [5.41, 5.74) is 8.77. The quantitative estimate of drug-likeness (QED) is 0.910. The minimum atomic E-state index is 0.457. The van der Waals surface area contributed by atoms with E-state index in [1.165, 1.54) is 49.8 Å². The van der Waals surface area contributed by atoms with Crippen LogP contribution in [-0.4, -0.2) is 12.6 Å². The van der Waals surface area contributed by atoms with Gasteiger partial charge in [0.25, 0.3) is 0 Å². The van der Waals surface area contributed by atoms with Crippen LogP contribution in [0.15, 0.2) is 24.3 Å². The molecule has 4 bridgehead atoms. The lowest BCUT2D eigenvalue weighted by Gasteiger charge is -2.60. The van der Waals surface area contributed by atoms with Crippen LogP contribution in [0.4, 0.5) is 5.69 Å². The van der Waals surface area contributed by atoms with Crippen LogP contribution in [0.2, 0.25) is 0 Å².